The van der Waals surface area contributed by atoms with Crippen LogP contribution in [0.1, 0.15) is 45.1 Å². The van der Waals surface area contributed by atoms with Crippen molar-refractivity contribution in [1.29, 1.82) is 0 Å². The van der Waals surface area contributed by atoms with Gasteiger partial charge in [-0.25, -0.2) is 0 Å². The van der Waals surface area contributed by atoms with Crippen LogP contribution in [0, 0.1) is 11.8 Å². The summed E-state index contributed by atoms with van der Waals surface area (Å²) in [5.74, 6) is -2.02. The van der Waals surface area contributed by atoms with E-state index in [0.717, 1.165) is 24.8 Å². The molecule has 7 atom stereocenters. The second-order valence-electron chi connectivity index (χ2n) is 10.7. The van der Waals surface area contributed by atoms with E-state index in [9.17, 15) is 19.5 Å². The third-order valence-corrected chi connectivity index (χ3v) is 10.3. The Morgan fingerprint density at radius 1 is 1.29 bits per heavy atom. The third-order valence-electron chi connectivity index (χ3n) is 8.35. The first kappa shape index (κ1) is 28.4. The molecule has 206 valence electrons. The van der Waals surface area contributed by atoms with Gasteiger partial charge in [0.15, 0.2) is 0 Å². The monoisotopic (exact) mass is 540 g/mol. The number of hydrogen-bond donors (Lipinski definition) is 1. The van der Waals surface area contributed by atoms with E-state index in [0.29, 0.717) is 19.4 Å². The lowest BCUT2D eigenvalue weighted by Crippen LogP contribution is -2.59. The standard InChI is InChI=1S/C30H40N2O5S/c1-5-11-20(4)31(16-6-2)28(35)26-30-15-14-23(38-30)24(29(36)37-17-7-3)25(30)27(34)32(26)22(19-33)18-21-12-9-8-10-13-21/h6-10,12-13,20,22-26,33H,2-3,5,11,14-19H2,1,4H3/t20?,22-,23-,24+,25+,26?,30?/m1/s1. The van der Waals surface area contributed by atoms with Gasteiger partial charge in [-0.2, -0.15) is 0 Å². The molecule has 8 heteroatoms. The average Bonchev–Trinajstić information content (AvgIpc) is 3.56. The SMILES string of the molecule is C=CCOC(=O)[C@@H]1[C@H]2C(=O)N([C@@H](CO)Cc3ccccc3)C(C(=O)N(CC=C)C(C)CCC)C23CC[C@H]1S3. The minimum absolute atomic E-state index is 0.0310. The number of fused-ring (bicyclic) bond motifs is 1. The summed E-state index contributed by atoms with van der Waals surface area (Å²) in [4.78, 5) is 45.5. The molecule has 4 rings (SSSR count). The van der Waals surface area contributed by atoms with Crippen molar-refractivity contribution in [3.05, 3.63) is 61.2 Å². The lowest BCUT2D eigenvalue weighted by molar-refractivity contribution is -0.153. The van der Waals surface area contributed by atoms with Crippen molar-refractivity contribution in [3.63, 3.8) is 0 Å². The highest BCUT2D eigenvalue weighted by Gasteiger charge is 2.74. The first-order chi connectivity index (χ1) is 18.3. The Bertz CT molecular complexity index is 1050. The Labute approximate surface area is 230 Å². The molecule has 1 aromatic rings. The first-order valence-corrected chi connectivity index (χ1v) is 14.6. The molecule has 1 spiro atoms. The van der Waals surface area contributed by atoms with Crippen LogP contribution >= 0.6 is 11.8 Å². The van der Waals surface area contributed by atoms with E-state index in [1.165, 1.54) is 6.08 Å². The van der Waals surface area contributed by atoms with Crippen LogP contribution in [0.15, 0.2) is 55.6 Å². The fraction of sp³-hybridized carbons (Fsp3) is 0.567. The Morgan fingerprint density at radius 3 is 2.66 bits per heavy atom. The van der Waals surface area contributed by atoms with Gasteiger partial charge in [-0.3, -0.25) is 14.4 Å². The number of benzene rings is 1. The Balaban J connectivity index is 1.78. The van der Waals surface area contributed by atoms with E-state index in [-0.39, 0.29) is 36.3 Å². The zero-order valence-electron chi connectivity index (χ0n) is 22.5. The minimum Gasteiger partial charge on any atom is -0.461 e. The van der Waals surface area contributed by atoms with Crippen LogP contribution in [0.5, 0.6) is 0 Å². The molecule has 3 saturated heterocycles. The summed E-state index contributed by atoms with van der Waals surface area (Å²) in [5.41, 5.74) is 0.973. The molecule has 1 N–H and O–H groups in total. The Hall–Kier alpha value is -2.58. The molecule has 0 radical (unpaired) electrons. The molecule has 3 fully saturated rings. The molecular weight excluding hydrogens is 500 g/mol. The summed E-state index contributed by atoms with van der Waals surface area (Å²) in [5, 5.41) is 10.5. The zero-order valence-corrected chi connectivity index (χ0v) is 23.3. The Morgan fingerprint density at radius 2 is 2.03 bits per heavy atom. The van der Waals surface area contributed by atoms with Crippen LogP contribution in [0.4, 0.5) is 0 Å². The van der Waals surface area contributed by atoms with Gasteiger partial charge in [0, 0.05) is 17.8 Å². The van der Waals surface area contributed by atoms with Gasteiger partial charge in [0.25, 0.3) is 0 Å². The van der Waals surface area contributed by atoms with Gasteiger partial charge in [0.05, 0.1) is 29.2 Å². The number of ether oxygens (including phenoxy) is 1. The number of amides is 2. The van der Waals surface area contributed by atoms with Crippen LogP contribution in [0.2, 0.25) is 0 Å². The van der Waals surface area contributed by atoms with Crippen LogP contribution in [0.25, 0.3) is 0 Å². The number of esters is 1. The normalized spacial score (nSPS) is 29.0. The molecule has 1 aromatic carbocycles. The van der Waals surface area contributed by atoms with E-state index < -0.39 is 34.6 Å². The number of aliphatic hydroxyl groups is 1. The second kappa shape index (κ2) is 12.1. The maximum absolute atomic E-state index is 14.5. The van der Waals surface area contributed by atoms with Gasteiger partial charge in [-0.15, -0.1) is 18.3 Å². The van der Waals surface area contributed by atoms with E-state index in [1.54, 1.807) is 22.7 Å². The van der Waals surface area contributed by atoms with Crippen molar-refractivity contribution in [2.45, 2.75) is 74.1 Å². The predicted molar refractivity (Wildman–Crippen MR) is 149 cm³/mol. The highest BCUT2D eigenvalue weighted by Crippen LogP contribution is 2.67. The average molecular weight is 541 g/mol. The zero-order chi connectivity index (χ0) is 27.4. The van der Waals surface area contributed by atoms with Crippen molar-refractivity contribution in [1.82, 2.24) is 9.80 Å². The molecule has 3 unspecified atom stereocenters. The summed E-state index contributed by atoms with van der Waals surface area (Å²) in [6, 6.07) is 8.30. The van der Waals surface area contributed by atoms with Crippen molar-refractivity contribution < 1.29 is 24.2 Å². The molecule has 3 heterocycles. The van der Waals surface area contributed by atoms with Crippen LogP contribution in [0.3, 0.4) is 0 Å². The van der Waals surface area contributed by atoms with Crippen molar-refractivity contribution in [3.8, 4) is 0 Å². The molecule has 0 saturated carbocycles. The second-order valence-corrected chi connectivity index (χ2v) is 12.3. The van der Waals surface area contributed by atoms with E-state index in [1.807, 2.05) is 42.2 Å². The molecule has 7 nitrogen and oxygen atoms in total. The number of carbonyl (C=O) groups is 3. The molecule has 2 amide bonds. The van der Waals surface area contributed by atoms with E-state index in [2.05, 4.69) is 20.1 Å². The number of nitrogens with zero attached hydrogens (tertiary/aromatic N) is 2. The quantitative estimate of drug-likeness (QED) is 0.304. The minimum atomic E-state index is -0.771. The van der Waals surface area contributed by atoms with E-state index in [4.69, 9.17) is 4.74 Å². The number of aliphatic hydroxyl groups excluding tert-OH is 1. The van der Waals surface area contributed by atoms with Gasteiger partial charge < -0.3 is 19.6 Å². The highest BCUT2D eigenvalue weighted by molar-refractivity contribution is 8.02. The lowest BCUT2D eigenvalue weighted by atomic mass is 9.71. The number of hydrogen-bond acceptors (Lipinski definition) is 6. The van der Waals surface area contributed by atoms with E-state index >= 15 is 0 Å². The molecule has 0 aliphatic carbocycles. The first-order valence-electron chi connectivity index (χ1n) is 13.7. The van der Waals surface area contributed by atoms with Crippen molar-refractivity contribution >= 4 is 29.5 Å². The number of likely N-dealkylation sites (tertiary alicyclic amines) is 1. The fourth-order valence-corrected chi connectivity index (χ4v) is 8.95. The number of thioether (sulfide) groups is 1. The maximum atomic E-state index is 14.5. The van der Waals surface area contributed by atoms with Gasteiger partial charge in [-0.1, -0.05) is 62.4 Å². The molecule has 3 aliphatic rings. The third kappa shape index (κ3) is 4.93. The number of carbonyl (C=O) groups excluding carboxylic acids is 3. The molecule has 38 heavy (non-hydrogen) atoms. The van der Waals surface area contributed by atoms with Crippen molar-refractivity contribution in [2.75, 3.05) is 19.8 Å². The summed E-state index contributed by atoms with van der Waals surface area (Å²) < 4.78 is 4.72. The largest absolute Gasteiger partial charge is 0.461 e. The lowest BCUT2D eigenvalue weighted by Gasteiger charge is -2.41. The fourth-order valence-electron chi connectivity index (χ4n) is 6.76. The predicted octanol–water partition coefficient (Wildman–Crippen LogP) is 3.61. The summed E-state index contributed by atoms with van der Waals surface area (Å²) in [6.45, 7) is 11.8. The highest BCUT2D eigenvalue weighted by atomic mass is 32.2. The Kier molecular flexibility index (Phi) is 9.04. The van der Waals surface area contributed by atoms with Gasteiger partial charge in [0.2, 0.25) is 11.8 Å². The summed E-state index contributed by atoms with van der Waals surface area (Å²) in [6.07, 6.45) is 6.83. The van der Waals surface area contributed by atoms with Crippen LogP contribution < -0.4 is 0 Å². The summed E-state index contributed by atoms with van der Waals surface area (Å²) >= 11 is 1.61. The van der Waals surface area contributed by atoms with Crippen molar-refractivity contribution in [2.24, 2.45) is 11.8 Å². The smallest absolute Gasteiger partial charge is 0.311 e. The molecule has 3 aliphatic heterocycles. The number of rotatable bonds is 13. The molecule has 0 aromatic heterocycles. The molecular formula is C30H40N2O5S. The maximum Gasteiger partial charge on any atom is 0.311 e. The van der Waals surface area contributed by atoms with Crippen LogP contribution in [-0.4, -0.2) is 80.6 Å². The van der Waals surface area contributed by atoms with Crippen LogP contribution in [-0.2, 0) is 25.5 Å². The molecule has 2 bridgehead atoms. The summed E-state index contributed by atoms with van der Waals surface area (Å²) in [7, 11) is 0. The van der Waals surface area contributed by atoms with Gasteiger partial charge in [-0.05, 0) is 38.2 Å². The van der Waals surface area contributed by atoms with Gasteiger partial charge in [0.1, 0.15) is 12.6 Å². The van der Waals surface area contributed by atoms with Gasteiger partial charge >= 0.3 is 5.97 Å². The topological polar surface area (TPSA) is 87.1 Å².